The van der Waals surface area contributed by atoms with Gasteiger partial charge in [-0.15, -0.1) is 0 Å². The van der Waals surface area contributed by atoms with Gasteiger partial charge in [0, 0.05) is 31.4 Å². The Kier molecular flexibility index (Phi) is 5.27. The van der Waals surface area contributed by atoms with Crippen molar-refractivity contribution in [2.45, 2.75) is 64.8 Å². The fourth-order valence-corrected chi connectivity index (χ4v) is 3.93. The van der Waals surface area contributed by atoms with Crippen molar-refractivity contribution in [3.8, 4) is 0 Å². The van der Waals surface area contributed by atoms with Gasteiger partial charge in [-0.3, -0.25) is 14.6 Å². The molecule has 3 aliphatic rings. The monoisotopic (exact) mass is 415 g/mol. The molecule has 1 saturated carbocycles. The Bertz CT molecular complexity index is 848. The second-order valence-corrected chi connectivity index (χ2v) is 9.30. The highest BCUT2D eigenvalue weighted by atomic mass is 16.3. The Balaban J connectivity index is 1.59. The van der Waals surface area contributed by atoms with Gasteiger partial charge in [0.05, 0.1) is 12.4 Å². The number of nitrogens with zero attached hydrogens (tertiary/aromatic N) is 4. The van der Waals surface area contributed by atoms with Crippen LogP contribution >= 0.6 is 0 Å². The number of fused-ring (bicyclic) bond motifs is 1. The Labute approximate surface area is 175 Å². The first-order chi connectivity index (χ1) is 14.2. The van der Waals surface area contributed by atoms with E-state index >= 15 is 0 Å². The molecule has 30 heavy (non-hydrogen) atoms. The molecule has 0 radical (unpaired) electrons. The van der Waals surface area contributed by atoms with Crippen LogP contribution in [0.3, 0.4) is 0 Å². The van der Waals surface area contributed by atoms with Crippen LogP contribution in [-0.4, -0.2) is 61.7 Å². The number of anilines is 1. The Morgan fingerprint density at radius 3 is 2.70 bits per heavy atom. The number of hydrogen-bond donors (Lipinski definition) is 4. The number of carbonyl (C=O) groups excluding carboxylic acids is 2. The average Bonchev–Trinajstić information content (AvgIpc) is 3.06. The van der Waals surface area contributed by atoms with Gasteiger partial charge < -0.3 is 20.6 Å². The van der Waals surface area contributed by atoms with Crippen molar-refractivity contribution in [1.29, 1.82) is 0 Å². The number of aromatic nitrogens is 2. The molecule has 4 N–H and O–H groups in total. The van der Waals surface area contributed by atoms with Gasteiger partial charge in [0.1, 0.15) is 12.0 Å². The first-order valence-electron chi connectivity index (χ1n) is 10.4. The minimum atomic E-state index is -0.525. The predicted octanol–water partition coefficient (Wildman–Crippen LogP) is 1.08. The Morgan fingerprint density at radius 1 is 1.33 bits per heavy atom. The second kappa shape index (κ2) is 7.75. The Hall–Kier alpha value is -2.88. The lowest BCUT2D eigenvalue weighted by Crippen LogP contribution is -2.59. The topological polar surface area (TPSA) is 123 Å². The molecule has 3 heterocycles. The van der Waals surface area contributed by atoms with Crippen LogP contribution in [0.1, 0.15) is 46.5 Å². The summed E-state index contributed by atoms with van der Waals surface area (Å²) in [7, 11) is 0. The van der Waals surface area contributed by atoms with Crippen molar-refractivity contribution >= 4 is 17.6 Å². The zero-order valence-electron chi connectivity index (χ0n) is 17.6. The number of hydrazine groups is 1. The van der Waals surface area contributed by atoms with Crippen LogP contribution in [0.2, 0.25) is 0 Å². The normalized spacial score (nSPS) is 24.6. The molecule has 1 aliphatic carbocycles. The summed E-state index contributed by atoms with van der Waals surface area (Å²) in [4.78, 5) is 36.0. The van der Waals surface area contributed by atoms with Crippen LogP contribution in [0, 0.1) is 5.41 Å². The van der Waals surface area contributed by atoms with E-state index in [1.54, 1.807) is 23.5 Å². The third kappa shape index (κ3) is 4.04. The maximum atomic E-state index is 13.2. The molecular formula is C20H29N7O3. The van der Waals surface area contributed by atoms with E-state index in [1.165, 1.54) is 5.01 Å². The zero-order valence-corrected chi connectivity index (χ0v) is 17.6. The van der Waals surface area contributed by atoms with Crippen molar-refractivity contribution in [3.63, 3.8) is 0 Å². The van der Waals surface area contributed by atoms with Crippen molar-refractivity contribution < 1.29 is 14.7 Å². The van der Waals surface area contributed by atoms with Crippen LogP contribution in [-0.2, 0) is 9.59 Å². The number of nitrogens with one attached hydrogen (secondary N) is 3. The van der Waals surface area contributed by atoms with Gasteiger partial charge in [0.25, 0.3) is 11.8 Å². The fourth-order valence-electron chi connectivity index (χ4n) is 3.93. The highest BCUT2D eigenvalue weighted by molar-refractivity contribution is 6.19. The van der Waals surface area contributed by atoms with Crippen LogP contribution < -0.4 is 16.1 Å². The molecule has 162 valence electrons. The SMILES string of the molecule is CC(C)(C)CN1C(O)=C(C(=O)NC2CCC2)C(=O)N2NC(Nc3cnccn3)CC12. The molecule has 2 amide bonds. The van der Waals surface area contributed by atoms with Crippen molar-refractivity contribution in [1.82, 2.24) is 30.6 Å². The Morgan fingerprint density at radius 2 is 2.10 bits per heavy atom. The summed E-state index contributed by atoms with van der Waals surface area (Å²) in [6, 6.07) is 0.0667. The van der Waals surface area contributed by atoms with Crippen molar-refractivity contribution in [3.05, 3.63) is 30.0 Å². The van der Waals surface area contributed by atoms with Gasteiger partial charge in [-0.25, -0.2) is 15.4 Å². The van der Waals surface area contributed by atoms with Gasteiger partial charge in [0.2, 0.25) is 5.88 Å². The molecule has 2 fully saturated rings. The van der Waals surface area contributed by atoms with E-state index in [4.69, 9.17) is 0 Å². The molecule has 2 atom stereocenters. The average molecular weight is 415 g/mol. The summed E-state index contributed by atoms with van der Waals surface area (Å²) < 4.78 is 0. The second-order valence-electron chi connectivity index (χ2n) is 9.30. The fraction of sp³-hybridized carbons (Fsp3) is 0.600. The van der Waals surface area contributed by atoms with Crippen LogP contribution in [0.4, 0.5) is 5.82 Å². The summed E-state index contributed by atoms with van der Waals surface area (Å²) in [5.41, 5.74) is 2.76. The third-order valence-electron chi connectivity index (χ3n) is 5.53. The van der Waals surface area contributed by atoms with E-state index in [1.807, 2.05) is 20.8 Å². The smallest absolute Gasteiger partial charge is 0.281 e. The van der Waals surface area contributed by atoms with E-state index in [9.17, 15) is 14.7 Å². The van der Waals surface area contributed by atoms with E-state index < -0.39 is 18.0 Å². The first-order valence-corrected chi connectivity index (χ1v) is 10.4. The molecule has 2 unspecified atom stereocenters. The third-order valence-corrected chi connectivity index (χ3v) is 5.53. The van der Waals surface area contributed by atoms with Gasteiger partial charge in [-0.1, -0.05) is 20.8 Å². The number of rotatable bonds is 5. The number of carbonyl (C=O) groups is 2. The van der Waals surface area contributed by atoms with Crippen LogP contribution in [0.25, 0.3) is 0 Å². The van der Waals surface area contributed by atoms with E-state index in [2.05, 4.69) is 26.0 Å². The van der Waals surface area contributed by atoms with Crippen LogP contribution in [0.5, 0.6) is 0 Å². The molecule has 2 aliphatic heterocycles. The molecule has 1 saturated heterocycles. The van der Waals surface area contributed by atoms with Crippen molar-refractivity contribution in [2.24, 2.45) is 5.41 Å². The molecule has 1 aromatic rings. The van der Waals surface area contributed by atoms with E-state index in [0.717, 1.165) is 19.3 Å². The molecule has 10 heteroatoms. The number of aliphatic hydroxyl groups is 1. The summed E-state index contributed by atoms with van der Waals surface area (Å²) in [6.07, 6.45) is 7.39. The molecule has 0 bridgehead atoms. The lowest BCUT2D eigenvalue weighted by atomic mass is 9.92. The van der Waals surface area contributed by atoms with Gasteiger partial charge >= 0.3 is 0 Å². The lowest BCUT2D eigenvalue weighted by molar-refractivity contribution is -0.142. The highest BCUT2D eigenvalue weighted by Crippen LogP contribution is 2.33. The quantitative estimate of drug-likeness (QED) is 0.527. The highest BCUT2D eigenvalue weighted by Gasteiger charge is 2.48. The molecule has 10 nitrogen and oxygen atoms in total. The van der Waals surface area contributed by atoms with Crippen molar-refractivity contribution in [2.75, 3.05) is 11.9 Å². The standard InChI is InChI=1S/C20H29N7O3/c1-20(2,3)11-26-15-9-13(24-14-10-21-7-8-22-14)25-27(15)19(30)16(18(26)29)17(28)23-12-5-4-6-12/h7-8,10,12-13,15,25,29H,4-6,9,11H2,1-3H3,(H,22,24)(H,23,28). The first kappa shape index (κ1) is 20.4. The summed E-state index contributed by atoms with van der Waals surface area (Å²) in [5.74, 6) is -0.727. The summed E-state index contributed by atoms with van der Waals surface area (Å²) >= 11 is 0. The molecule has 0 aromatic carbocycles. The molecular weight excluding hydrogens is 386 g/mol. The van der Waals surface area contributed by atoms with E-state index in [-0.39, 0.29) is 29.1 Å². The minimum absolute atomic E-state index is 0.0667. The molecule has 0 spiro atoms. The maximum absolute atomic E-state index is 13.2. The van der Waals surface area contributed by atoms with Gasteiger partial charge in [-0.2, -0.15) is 0 Å². The maximum Gasteiger partial charge on any atom is 0.281 e. The van der Waals surface area contributed by atoms with Crippen LogP contribution in [0.15, 0.2) is 30.0 Å². The number of amides is 2. The lowest BCUT2D eigenvalue weighted by Gasteiger charge is -2.42. The van der Waals surface area contributed by atoms with Gasteiger partial charge in [0.15, 0.2) is 5.57 Å². The number of hydrogen-bond acceptors (Lipinski definition) is 8. The summed E-state index contributed by atoms with van der Waals surface area (Å²) in [5, 5.41) is 18.5. The molecule has 1 aromatic heterocycles. The molecule has 4 rings (SSSR count). The van der Waals surface area contributed by atoms with E-state index in [0.29, 0.717) is 18.8 Å². The zero-order chi connectivity index (χ0) is 21.5. The van der Waals surface area contributed by atoms with Gasteiger partial charge in [-0.05, 0) is 24.7 Å². The predicted molar refractivity (Wildman–Crippen MR) is 109 cm³/mol. The number of aliphatic hydroxyl groups excluding tert-OH is 1. The minimum Gasteiger partial charge on any atom is -0.494 e. The largest absolute Gasteiger partial charge is 0.494 e. The summed E-state index contributed by atoms with van der Waals surface area (Å²) in [6.45, 7) is 6.62.